The summed E-state index contributed by atoms with van der Waals surface area (Å²) in [6.07, 6.45) is 7.21. The van der Waals surface area contributed by atoms with Crippen molar-refractivity contribution < 1.29 is 0 Å². The van der Waals surface area contributed by atoms with E-state index in [-0.39, 0.29) is 11.6 Å². The van der Waals surface area contributed by atoms with Gasteiger partial charge in [-0.05, 0) is 13.3 Å². The second-order valence-electron chi connectivity index (χ2n) is 3.37. The maximum Gasteiger partial charge on any atom is 0.252 e. The molecule has 1 unspecified atom stereocenters. The number of nitrogens with zero attached hydrogens (tertiary/aromatic N) is 1. The van der Waals surface area contributed by atoms with E-state index in [1.54, 1.807) is 6.92 Å². The van der Waals surface area contributed by atoms with Crippen LogP contribution >= 0.6 is 0 Å². The Balaban J connectivity index is 2.80. The Bertz CT molecular complexity index is 417. The first kappa shape index (κ1) is 11.3. The molecule has 0 aromatic carbocycles. The summed E-state index contributed by atoms with van der Waals surface area (Å²) in [5, 5.41) is 3.04. The SMILES string of the molecule is C#CC(CCC)Nc1cc(=O)[nH]c(C)n1. The lowest BCUT2D eigenvalue weighted by Crippen LogP contribution is -2.20. The van der Waals surface area contributed by atoms with Gasteiger partial charge in [0.15, 0.2) is 0 Å². The summed E-state index contributed by atoms with van der Waals surface area (Å²) in [6, 6.07) is 1.34. The van der Waals surface area contributed by atoms with Gasteiger partial charge in [-0.3, -0.25) is 4.79 Å². The van der Waals surface area contributed by atoms with E-state index in [1.807, 2.05) is 0 Å². The van der Waals surface area contributed by atoms with Crippen LogP contribution in [-0.2, 0) is 0 Å². The summed E-state index contributed by atoms with van der Waals surface area (Å²) in [5.74, 6) is 3.74. The van der Waals surface area contributed by atoms with E-state index in [0.29, 0.717) is 11.6 Å². The van der Waals surface area contributed by atoms with E-state index < -0.39 is 0 Å². The Morgan fingerprint density at radius 3 is 3.00 bits per heavy atom. The lowest BCUT2D eigenvalue weighted by molar-refractivity contribution is 0.750. The van der Waals surface area contributed by atoms with Crippen molar-refractivity contribution in [2.45, 2.75) is 32.7 Å². The molecule has 2 N–H and O–H groups in total. The molecule has 0 aliphatic rings. The minimum Gasteiger partial charge on any atom is -0.356 e. The number of hydrogen-bond acceptors (Lipinski definition) is 3. The van der Waals surface area contributed by atoms with E-state index in [4.69, 9.17) is 6.42 Å². The van der Waals surface area contributed by atoms with Crippen LogP contribution in [0.1, 0.15) is 25.6 Å². The molecule has 1 aromatic rings. The van der Waals surface area contributed by atoms with E-state index in [0.717, 1.165) is 12.8 Å². The molecule has 0 bridgehead atoms. The Kier molecular flexibility index (Phi) is 3.92. The van der Waals surface area contributed by atoms with Crippen molar-refractivity contribution in [2.24, 2.45) is 0 Å². The molecule has 0 radical (unpaired) electrons. The number of nitrogens with one attached hydrogen (secondary N) is 2. The number of aryl methyl sites for hydroxylation is 1. The first-order valence-electron chi connectivity index (χ1n) is 4.96. The number of aromatic amines is 1. The molecule has 0 amide bonds. The molecule has 80 valence electrons. The van der Waals surface area contributed by atoms with Crippen LogP contribution in [0.5, 0.6) is 0 Å². The van der Waals surface area contributed by atoms with Crippen molar-refractivity contribution in [2.75, 3.05) is 5.32 Å². The van der Waals surface area contributed by atoms with Crippen molar-refractivity contribution in [3.8, 4) is 12.3 Å². The van der Waals surface area contributed by atoms with Gasteiger partial charge in [0, 0.05) is 6.07 Å². The number of anilines is 1. The number of rotatable bonds is 4. The van der Waals surface area contributed by atoms with Crippen LogP contribution in [0, 0.1) is 19.3 Å². The maximum atomic E-state index is 11.2. The number of H-pyrrole nitrogens is 1. The largest absolute Gasteiger partial charge is 0.356 e. The second kappa shape index (κ2) is 5.20. The summed E-state index contributed by atoms with van der Waals surface area (Å²) >= 11 is 0. The Morgan fingerprint density at radius 2 is 2.47 bits per heavy atom. The highest BCUT2D eigenvalue weighted by atomic mass is 16.1. The van der Waals surface area contributed by atoms with Crippen molar-refractivity contribution in [1.29, 1.82) is 0 Å². The van der Waals surface area contributed by atoms with Gasteiger partial charge in [-0.15, -0.1) is 6.42 Å². The zero-order valence-corrected chi connectivity index (χ0v) is 9.00. The summed E-state index contributed by atoms with van der Waals surface area (Å²) in [7, 11) is 0. The zero-order valence-electron chi connectivity index (χ0n) is 9.00. The van der Waals surface area contributed by atoms with Crippen molar-refractivity contribution in [3.05, 3.63) is 22.2 Å². The van der Waals surface area contributed by atoms with Gasteiger partial charge in [-0.25, -0.2) is 4.98 Å². The Labute approximate surface area is 89.1 Å². The van der Waals surface area contributed by atoms with Crippen molar-refractivity contribution in [3.63, 3.8) is 0 Å². The molecule has 1 atom stereocenters. The van der Waals surface area contributed by atoms with E-state index >= 15 is 0 Å². The third-order valence-electron chi connectivity index (χ3n) is 1.96. The lowest BCUT2D eigenvalue weighted by atomic mass is 10.2. The van der Waals surface area contributed by atoms with Gasteiger partial charge >= 0.3 is 0 Å². The standard InChI is InChI=1S/C11H15N3O/c1-4-6-9(5-2)14-10-7-11(15)13-8(3)12-10/h2,7,9H,4,6H2,1,3H3,(H2,12,13,14,15). The Morgan fingerprint density at radius 1 is 1.73 bits per heavy atom. The molecule has 0 saturated heterocycles. The van der Waals surface area contributed by atoms with Crippen LogP contribution in [-0.4, -0.2) is 16.0 Å². The average Bonchev–Trinajstić information content (AvgIpc) is 2.15. The van der Waals surface area contributed by atoms with Crippen LogP contribution < -0.4 is 10.9 Å². The van der Waals surface area contributed by atoms with Gasteiger partial charge < -0.3 is 10.3 Å². The van der Waals surface area contributed by atoms with Gasteiger partial charge in [-0.2, -0.15) is 0 Å². The minimum atomic E-state index is -0.169. The average molecular weight is 205 g/mol. The third-order valence-corrected chi connectivity index (χ3v) is 1.96. The monoisotopic (exact) mass is 205 g/mol. The van der Waals surface area contributed by atoms with E-state index in [9.17, 15) is 4.79 Å². The molecule has 1 aromatic heterocycles. The minimum absolute atomic E-state index is 0.0660. The fraction of sp³-hybridized carbons (Fsp3) is 0.455. The molecule has 0 aliphatic carbocycles. The van der Waals surface area contributed by atoms with Crippen LogP contribution in [0.2, 0.25) is 0 Å². The normalized spacial score (nSPS) is 11.8. The molecular weight excluding hydrogens is 190 g/mol. The zero-order chi connectivity index (χ0) is 11.3. The predicted molar refractivity (Wildman–Crippen MR) is 60.7 cm³/mol. The van der Waals surface area contributed by atoms with E-state index in [2.05, 4.69) is 28.1 Å². The van der Waals surface area contributed by atoms with Gasteiger partial charge in [0.2, 0.25) is 0 Å². The van der Waals surface area contributed by atoms with Crippen LogP contribution in [0.15, 0.2) is 10.9 Å². The molecule has 1 heterocycles. The molecule has 4 nitrogen and oxygen atoms in total. The molecule has 0 spiro atoms. The van der Waals surface area contributed by atoms with Gasteiger partial charge in [0.1, 0.15) is 11.6 Å². The van der Waals surface area contributed by atoms with Crippen molar-refractivity contribution >= 4 is 5.82 Å². The summed E-state index contributed by atoms with van der Waals surface area (Å²) in [5.41, 5.74) is -0.169. The molecule has 0 aliphatic heterocycles. The van der Waals surface area contributed by atoms with Gasteiger partial charge in [0.25, 0.3) is 5.56 Å². The van der Waals surface area contributed by atoms with Crippen molar-refractivity contribution in [1.82, 2.24) is 9.97 Å². The fourth-order valence-electron chi connectivity index (χ4n) is 1.32. The Hall–Kier alpha value is -1.76. The fourth-order valence-corrected chi connectivity index (χ4v) is 1.32. The second-order valence-corrected chi connectivity index (χ2v) is 3.37. The predicted octanol–water partition coefficient (Wildman–Crippen LogP) is 1.29. The van der Waals surface area contributed by atoms with Crippen LogP contribution in [0.3, 0.4) is 0 Å². The molecule has 4 heteroatoms. The molecule has 0 saturated carbocycles. The maximum absolute atomic E-state index is 11.2. The van der Waals surface area contributed by atoms with Gasteiger partial charge in [0.05, 0.1) is 6.04 Å². The molecular formula is C11H15N3O. The topological polar surface area (TPSA) is 57.8 Å². The number of hydrogen-bond donors (Lipinski definition) is 2. The summed E-state index contributed by atoms with van der Waals surface area (Å²) in [4.78, 5) is 17.9. The van der Waals surface area contributed by atoms with E-state index in [1.165, 1.54) is 6.07 Å². The third kappa shape index (κ3) is 3.47. The first-order chi connectivity index (χ1) is 7.15. The van der Waals surface area contributed by atoms with Gasteiger partial charge in [-0.1, -0.05) is 19.3 Å². The summed E-state index contributed by atoms with van der Waals surface area (Å²) < 4.78 is 0. The quantitative estimate of drug-likeness (QED) is 0.728. The smallest absolute Gasteiger partial charge is 0.252 e. The summed E-state index contributed by atoms with van der Waals surface area (Å²) in [6.45, 7) is 3.79. The lowest BCUT2D eigenvalue weighted by Gasteiger charge is -2.12. The highest BCUT2D eigenvalue weighted by Crippen LogP contribution is 2.04. The van der Waals surface area contributed by atoms with Crippen LogP contribution in [0.4, 0.5) is 5.82 Å². The highest BCUT2D eigenvalue weighted by molar-refractivity contribution is 5.36. The molecule has 0 fully saturated rings. The molecule has 1 rings (SSSR count). The molecule has 15 heavy (non-hydrogen) atoms. The number of aromatic nitrogens is 2. The number of terminal acetylenes is 1. The first-order valence-corrected chi connectivity index (χ1v) is 4.96. The van der Waals surface area contributed by atoms with Crippen LogP contribution in [0.25, 0.3) is 0 Å². The highest BCUT2D eigenvalue weighted by Gasteiger charge is 2.05.